The Balaban J connectivity index is 1.35. The Hall–Kier alpha value is -0.340. The van der Waals surface area contributed by atoms with Gasteiger partial charge in [0.25, 0.3) is 0 Å². The van der Waals surface area contributed by atoms with E-state index in [0.717, 1.165) is 49.4 Å². The highest BCUT2D eigenvalue weighted by atomic mass is 16.3. The van der Waals surface area contributed by atoms with Crippen LogP contribution in [0.5, 0.6) is 0 Å². The van der Waals surface area contributed by atoms with Crippen LogP contribution < -0.4 is 0 Å². The third-order valence-corrected chi connectivity index (χ3v) is 13.5. The van der Waals surface area contributed by atoms with Crippen LogP contribution in [0, 0.1) is 45.8 Å². The molecule has 0 saturated heterocycles. The van der Waals surface area contributed by atoms with Crippen LogP contribution in [0.15, 0.2) is 11.6 Å². The maximum absolute atomic E-state index is 11.1. The first-order chi connectivity index (χ1) is 16.1. The number of aliphatic hydroxyl groups is 2. The molecule has 2 N–H and O–H groups in total. The summed E-state index contributed by atoms with van der Waals surface area (Å²) in [4.78, 5) is 0. The van der Waals surface area contributed by atoms with Crippen molar-refractivity contribution in [3.63, 3.8) is 0 Å². The molecule has 2 nitrogen and oxygen atoms in total. The molecule has 0 amide bonds. The summed E-state index contributed by atoms with van der Waals surface area (Å²) in [7, 11) is 0. The van der Waals surface area contributed by atoms with Gasteiger partial charge >= 0.3 is 0 Å². The topological polar surface area (TPSA) is 40.5 Å². The number of rotatable bonds is 7. The smallest absolute Gasteiger partial charge is 0.0682 e. The fourth-order valence-electron chi connectivity index (χ4n) is 10.3. The summed E-state index contributed by atoms with van der Waals surface area (Å²) in [5, 5.41) is 21.8. The highest BCUT2D eigenvalue weighted by Crippen LogP contribution is 2.73. The zero-order valence-corrected chi connectivity index (χ0v) is 23.0. The molecule has 0 aromatic heterocycles. The van der Waals surface area contributed by atoms with Crippen LogP contribution in [0.4, 0.5) is 0 Å². The minimum atomic E-state index is -0.456. The summed E-state index contributed by atoms with van der Waals surface area (Å²) >= 11 is 0. The van der Waals surface area contributed by atoms with Gasteiger partial charge in [0.05, 0.1) is 11.7 Å². The highest BCUT2D eigenvalue weighted by Gasteiger charge is 2.65. The Morgan fingerprint density at radius 1 is 0.912 bits per heavy atom. The molecular weight excluding hydrogens is 416 g/mol. The highest BCUT2D eigenvalue weighted by molar-refractivity contribution is 5.28. The molecule has 0 radical (unpaired) electrons. The van der Waals surface area contributed by atoms with E-state index >= 15 is 0 Å². The Morgan fingerprint density at radius 3 is 2.29 bits per heavy atom. The molecule has 0 unspecified atom stereocenters. The number of fused-ring (bicyclic) bond motifs is 5. The predicted octanol–water partition coefficient (Wildman–Crippen LogP) is 8.06. The van der Waals surface area contributed by atoms with Crippen molar-refractivity contribution in [2.75, 3.05) is 0 Å². The first-order valence-corrected chi connectivity index (χ1v) is 15.2. The van der Waals surface area contributed by atoms with Crippen molar-refractivity contribution >= 4 is 0 Å². The van der Waals surface area contributed by atoms with Crippen molar-refractivity contribution in [2.24, 2.45) is 45.8 Å². The van der Waals surface area contributed by atoms with Gasteiger partial charge in [-0.3, -0.25) is 0 Å². The Bertz CT molecular complexity index is 784. The molecule has 194 valence electrons. The van der Waals surface area contributed by atoms with Crippen LogP contribution >= 0.6 is 0 Å². The predicted molar refractivity (Wildman–Crippen MR) is 141 cm³/mol. The number of hydrogen-bond donors (Lipinski definition) is 2. The average molecular weight is 471 g/mol. The van der Waals surface area contributed by atoms with Gasteiger partial charge in [0, 0.05) is 0 Å². The zero-order valence-electron chi connectivity index (χ0n) is 23.0. The monoisotopic (exact) mass is 470 g/mol. The number of hydrogen-bond acceptors (Lipinski definition) is 2. The van der Waals surface area contributed by atoms with Crippen molar-refractivity contribution in [1.29, 1.82) is 0 Å². The molecule has 4 fully saturated rings. The summed E-state index contributed by atoms with van der Waals surface area (Å²) in [6.45, 7) is 12.5. The van der Waals surface area contributed by atoms with E-state index in [1.54, 1.807) is 5.57 Å². The third-order valence-electron chi connectivity index (χ3n) is 13.5. The summed E-state index contributed by atoms with van der Waals surface area (Å²) in [6.07, 6.45) is 20.7. The molecule has 0 bridgehead atoms. The average Bonchev–Trinajstić information content (AvgIpc) is 3.05. The van der Waals surface area contributed by atoms with Crippen molar-refractivity contribution in [3.05, 3.63) is 11.6 Å². The molecule has 5 aliphatic carbocycles. The molecule has 5 aliphatic rings. The molecule has 0 aromatic carbocycles. The Morgan fingerprint density at radius 2 is 1.65 bits per heavy atom. The molecule has 0 aromatic rings. The van der Waals surface area contributed by atoms with Crippen molar-refractivity contribution in [2.45, 2.75) is 143 Å². The minimum Gasteiger partial charge on any atom is -0.393 e. The SMILES string of the molecule is CC[C@H](CC[C@@H](O)C1CCC1)[C@H]1CC[C@@]2(C)[C@@H]3CC=C4C[C@](O)(CC)CC[C@]4(C)[C@H]3CC[C@]12C. The summed E-state index contributed by atoms with van der Waals surface area (Å²) in [5.41, 5.74) is 2.33. The summed E-state index contributed by atoms with van der Waals surface area (Å²) in [5.74, 6) is 3.80. The fourth-order valence-corrected chi connectivity index (χ4v) is 10.3. The molecule has 34 heavy (non-hydrogen) atoms. The second-order valence-electron chi connectivity index (χ2n) is 14.4. The van der Waals surface area contributed by atoms with Crippen LogP contribution in [-0.2, 0) is 0 Å². The van der Waals surface area contributed by atoms with Gasteiger partial charge in [-0.25, -0.2) is 0 Å². The van der Waals surface area contributed by atoms with Crippen molar-refractivity contribution in [3.8, 4) is 0 Å². The normalized spacial score (nSPS) is 48.2. The van der Waals surface area contributed by atoms with Gasteiger partial charge in [-0.2, -0.15) is 0 Å². The Labute approximate surface area is 210 Å². The van der Waals surface area contributed by atoms with Gasteiger partial charge in [-0.15, -0.1) is 0 Å². The van der Waals surface area contributed by atoms with E-state index in [2.05, 4.69) is 40.7 Å². The van der Waals surface area contributed by atoms with E-state index in [1.807, 2.05) is 0 Å². The van der Waals surface area contributed by atoms with Crippen LogP contribution in [0.1, 0.15) is 131 Å². The maximum atomic E-state index is 11.1. The molecule has 0 heterocycles. The lowest BCUT2D eigenvalue weighted by molar-refractivity contribution is -0.122. The van der Waals surface area contributed by atoms with Gasteiger partial charge in [0.15, 0.2) is 0 Å². The van der Waals surface area contributed by atoms with Crippen LogP contribution in [0.25, 0.3) is 0 Å². The molecule has 0 aliphatic heterocycles. The molecule has 5 rings (SSSR count). The van der Waals surface area contributed by atoms with E-state index in [1.165, 1.54) is 70.6 Å². The molecule has 4 saturated carbocycles. The minimum absolute atomic E-state index is 0.0472. The Kier molecular flexibility index (Phi) is 6.62. The van der Waals surface area contributed by atoms with Gasteiger partial charge in [-0.05, 0) is 129 Å². The van der Waals surface area contributed by atoms with E-state index in [9.17, 15) is 10.2 Å². The maximum Gasteiger partial charge on any atom is 0.0682 e. The van der Waals surface area contributed by atoms with E-state index in [0.29, 0.717) is 22.2 Å². The lowest BCUT2D eigenvalue weighted by Crippen LogP contribution is -2.56. The summed E-state index contributed by atoms with van der Waals surface area (Å²) < 4.78 is 0. The molecule has 9 atom stereocenters. The van der Waals surface area contributed by atoms with Crippen LogP contribution in [-0.4, -0.2) is 21.9 Å². The number of aliphatic hydroxyl groups excluding tert-OH is 1. The quantitative estimate of drug-likeness (QED) is 0.369. The van der Waals surface area contributed by atoms with Gasteiger partial charge in [0.2, 0.25) is 0 Å². The standard InChI is InChI=1S/C32H54O2/c1-6-22(11-14-28(33)23-9-8-10-23)25-15-17-31(5)27-13-12-24-21-32(34,7-2)20-19-29(24,3)26(27)16-18-30(25,31)4/h12,22-23,25-28,33-34H,6-11,13-21H2,1-5H3/t22-,25-,26+,27-,28-,29+,30-,31+,32+/m1/s1. The first kappa shape index (κ1) is 25.3. The van der Waals surface area contributed by atoms with Gasteiger partial charge in [0.1, 0.15) is 0 Å². The largest absolute Gasteiger partial charge is 0.393 e. The van der Waals surface area contributed by atoms with E-state index < -0.39 is 5.60 Å². The molecule has 0 spiro atoms. The lowest BCUT2D eigenvalue weighted by atomic mass is 9.41. The first-order valence-electron chi connectivity index (χ1n) is 15.2. The molecule has 2 heteroatoms. The van der Waals surface area contributed by atoms with Crippen molar-refractivity contribution < 1.29 is 10.2 Å². The lowest BCUT2D eigenvalue weighted by Gasteiger charge is -2.63. The second-order valence-corrected chi connectivity index (χ2v) is 14.4. The van der Waals surface area contributed by atoms with Gasteiger partial charge in [-0.1, -0.05) is 59.1 Å². The molecular formula is C32H54O2. The van der Waals surface area contributed by atoms with Crippen LogP contribution in [0.3, 0.4) is 0 Å². The fraction of sp³-hybridized carbons (Fsp3) is 0.938. The van der Waals surface area contributed by atoms with E-state index in [-0.39, 0.29) is 6.10 Å². The van der Waals surface area contributed by atoms with Crippen LogP contribution in [0.2, 0.25) is 0 Å². The summed E-state index contributed by atoms with van der Waals surface area (Å²) in [6, 6.07) is 0. The van der Waals surface area contributed by atoms with Crippen molar-refractivity contribution in [1.82, 2.24) is 0 Å². The second kappa shape index (κ2) is 8.90. The van der Waals surface area contributed by atoms with Gasteiger partial charge < -0.3 is 10.2 Å². The number of allylic oxidation sites excluding steroid dienone is 1. The zero-order chi connectivity index (χ0) is 24.4. The van der Waals surface area contributed by atoms with E-state index in [4.69, 9.17) is 0 Å². The third kappa shape index (κ3) is 3.70.